The van der Waals surface area contributed by atoms with Crippen LogP contribution in [0.3, 0.4) is 0 Å². The zero-order valence-corrected chi connectivity index (χ0v) is 8.03. The summed E-state index contributed by atoms with van der Waals surface area (Å²) < 4.78 is 32.0. The van der Waals surface area contributed by atoms with E-state index in [4.69, 9.17) is 0 Å². The Morgan fingerprint density at radius 3 is 2.67 bits per heavy atom. The summed E-state index contributed by atoms with van der Waals surface area (Å²) in [4.78, 5) is 18.3. The van der Waals surface area contributed by atoms with Crippen LogP contribution in [0.2, 0.25) is 0 Å². The van der Waals surface area contributed by atoms with E-state index in [9.17, 15) is 13.6 Å². The summed E-state index contributed by atoms with van der Waals surface area (Å²) in [5.74, 6) is -1.02. The Balaban J connectivity index is 2.93. The van der Waals surface area contributed by atoms with E-state index in [0.29, 0.717) is 0 Å². The molecule has 0 saturated heterocycles. The molecule has 1 heterocycles. The van der Waals surface area contributed by atoms with Crippen molar-refractivity contribution in [2.24, 2.45) is 0 Å². The van der Waals surface area contributed by atoms with Gasteiger partial charge in [-0.1, -0.05) is 0 Å². The Bertz CT molecular complexity index is 371. The van der Waals surface area contributed by atoms with E-state index in [1.54, 1.807) is 0 Å². The summed E-state index contributed by atoms with van der Waals surface area (Å²) in [6.45, 7) is -1.53. The number of hydrogen-bond acceptors (Lipinski definition) is 5. The molecule has 7 heteroatoms. The molecule has 0 aliphatic carbocycles. The summed E-state index contributed by atoms with van der Waals surface area (Å²) in [7, 11) is 1.19. The van der Waals surface area contributed by atoms with Gasteiger partial charge in [0.1, 0.15) is 0 Å². The largest absolute Gasteiger partial charge is 0.464 e. The second kappa shape index (κ2) is 4.63. The van der Waals surface area contributed by atoms with Gasteiger partial charge in [-0.15, -0.1) is 0 Å². The first-order valence-electron chi connectivity index (χ1n) is 3.91. The van der Waals surface area contributed by atoms with Crippen LogP contribution < -0.4 is 4.74 Å². The highest BCUT2D eigenvalue weighted by atomic mass is 19.3. The van der Waals surface area contributed by atoms with Gasteiger partial charge in [0.2, 0.25) is 5.88 Å². The minimum atomic E-state index is -2.97. The number of halogens is 2. The standard InChI is InChI=1S/C8H8F2N2O3/c1-4-6(7(13)14-2)11-3-5(12-4)15-8(9)10/h3,8H,1-2H3. The van der Waals surface area contributed by atoms with Crippen molar-refractivity contribution < 1.29 is 23.0 Å². The second-order valence-electron chi connectivity index (χ2n) is 2.51. The first kappa shape index (κ1) is 11.3. The fourth-order valence-corrected chi connectivity index (χ4v) is 0.905. The topological polar surface area (TPSA) is 61.3 Å². The molecular weight excluding hydrogens is 210 g/mol. The first-order chi connectivity index (χ1) is 7.04. The number of hydrogen-bond donors (Lipinski definition) is 0. The van der Waals surface area contributed by atoms with Gasteiger partial charge < -0.3 is 9.47 Å². The quantitative estimate of drug-likeness (QED) is 0.712. The predicted molar refractivity (Wildman–Crippen MR) is 44.7 cm³/mol. The zero-order valence-electron chi connectivity index (χ0n) is 8.03. The Hall–Kier alpha value is -1.79. The van der Waals surface area contributed by atoms with E-state index in [-0.39, 0.29) is 17.3 Å². The molecule has 0 fully saturated rings. The van der Waals surface area contributed by atoms with Crippen molar-refractivity contribution in [3.05, 3.63) is 17.6 Å². The number of aryl methyl sites for hydroxylation is 1. The van der Waals surface area contributed by atoms with E-state index in [0.717, 1.165) is 6.20 Å². The fourth-order valence-electron chi connectivity index (χ4n) is 0.905. The normalized spacial score (nSPS) is 10.2. The highest BCUT2D eigenvalue weighted by Gasteiger charge is 2.14. The van der Waals surface area contributed by atoms with Crippen molar-refractivity contribution >= 4 is 5.97 Å². The molecule has 1 aromatic heterocycles. The number of nitrogens with zero attached hydrogens (tertiary/aromatic N) is 2. The minimum absolute atomic E-state index is 0.0286. The molecule has 0 atom stereocenters. The third-order valence-corrected chi connectivity index (χ3v) is 1.51. The maximum Gasteiger partial charge on any atom is 0.388 e. The van der Waals surface area contributed by atoms with Crippen molar-refractivity contribution in [3.63, 3.8) is 0 Å². The van der Waals surface area contributed by atoms with Crippen molar-refractivity contribution in [2.75, 3.05) is 7.11 Å². The SMILES string of the molecule is COC(=O)c1ncc(OC(F)F)nc1C. The number of carbonyl (C=O) groups is 1. The molecule has 1 rings (SSSR count). The van der Waals surface area contributed by atoms with E-state index in [1.165, 1.54) is 14.0 Å². The first-order valence-corrected chi connectivity index (χ1v) is 3.91. The molecule has 1 aromatic rings. The number of esters is 1. The van der Waals surface area contributed by atoms with Gasteiger partial charge in [0.25, 0.3) is 0 Å². The van der Waals surface area contributed by atoms with Crippen LogP contribution >= 0.6 is 0 Å². The average Bonchev–Trinajstić information content (AvgIpc) is 2.16. The van der Waals surface area contributed by atoms with E-state index >= 15 is 0 Å². The molecular formula is C8H8F2N2O3. The predicted octanol–water partition coefficient (Wildman–Crippen LogP) is 1.17. The maximum absolute atomic E-state index is 11.8. The van der Waals surface area contributed by atoms with Gasteiger partial charge in [-0.3, -0.25) is 0 Å². The van der Waals surface area contributed by atoms with Crippen molar-refractivity contribution in [3.8, 4) is 5.88 Å². The van der Waals surface area contributed by atoms with Crippen LogP contribution in [-0.4, -0.2) is 29.7 Å². The minimum Gasteiger partial charge on any atom is -0.464 e. The zero-order chi connectivity index (χ0) is 11.4. The monoisotopic (exact) mass is 218 g/mol. The lowest BCUT2D eigenvalue weighted by molar-refractivity contribution is -0.0531. The Morgan fingerprint density at radius 2 is 2.20 bits per heavy atom. The lowest BCUT2D eigenvalue weighted by atomic mass is 10.3. The molecule has 0 spiro atoms. The van der Waals surface area contributed by atoms with Gasteiger partial charge in [0.15, 0.2) is 5.69 Å². The van der Waals surface area contributed by atoms with Crippen molar-refractivity contribution in [2.45, 2.75) is 13.5 Å². The van der Waals surface area contributed by atoms with Gasteiger partial charge >= 0.3 is 12.6 Å². The lowest BCUT2D eigenvalue weighted by Crippen LogP contribution is -2.10. The molecule has 5 nitrogen and oxygen atoms in total. The highest BCUT2D eigenvalue weighted by molar-refractivity contribution is 5.88. The second-order valence-corrected chi connectivity index (χ2v) is 2.51. The highest BCUT2D eigenvalue weighted by Crippen LogP contribution is 2.12. The molecule has 0 aliphatic rings. The third kappa shape index (κ3) is 2.83. The summed E-state index contributed by atoms with van der Waals surface area (Å²) in [6, 6.07) is 0. The van der Waals surface area contributed by atoms with Gasteiger partial charge in [-0.05, 0) is 6.92 Å². The van der Waals surface area contributed by atoms with Crippen LogP contribution in [0.1, 0.15) is 16.2 Å². The molecule has 0 aliphatic heterocycles. The number of rotatable bonds is 3. The van der Waals surface area contributed by atoms with Crippen LogP contribution in [0.15, 0.2) is 6.20 Å². The molecule has 15 heavy (non-hydrogen) atoms. The van der Waals surface area contributed by atoms with Crippen LogP contribution in [0.5, 0.6) is 5.88 Å². The summed E-state index contributed by atoms with van der Waals surface area (Å²) in [5.41, 5.74) is 0.138. The average molecular weight is 218 g/mol. The van der Waals surface area contributed by atoms with Crippen LogP contribution in [-0.2, 0) is 4.74 Å². The molecule has 0 radical (unpaired) electrons. The van der Waals surface area contributed by atoms with Gasteiger partial charge in [-0.2, -0.15) is 8.78 Å². The summed E-state index contributed by atoms with van der Waals surface area (Å²) in [6.07, 6.45) is 0.936. The molecule has 0 bridgehead atoms. The number of alkyl halides is 2. The Labute approximate surface area is 84.1 Å². The molecule has 0 aromatic carbocycles. The number of ether oxygens (including phenoxy) is 2. The Kier molecular flexibility index (Phi) is 3.48. The van der Waals surface area contributed by atoms with Crippen LogP contribution in [0, 0.1) is 6.92 Å². The smallest absolute Gasteiger partial charge is 0.388 e. The molecule has 82 valence electrons. The third-order valence-electron chi connectivity index (χ3n) is 1.51. The van der Waals surface area contributed by atoms with Crippen LogP contribution in [0.25, 0.3) is 0 Å². The summed E-state index contributed by atoms with van der Waals surface area (Å²) >= 11 is 0. The van der Waals surface area contributed by atoms with E-state index in [2.05, 4.69) is 19.4 Å². The Morgan fingerprint density at radius 1 is 1.53 bits per heavy atom. The van der Waals surface area contributed by atoms with Gasteiger partial charge in [-0.25, -0.2) is 14.8 Å². The van der Waals surface area contributed by atoms with Crippen molar-refractivity contribution in [1.82, 2.24) is 9.97 Å². The van der Waals surface area contributed by atoms with Gasteiger partial charge in [0, 0.05) is 0 Å². The fraction of sp³-hybridized carbons (Fsp3) is 0.375. The number of methoxy groups -OCH3 is 1. The maximum atomic E-state index is 11.8. The molecule has 0 N–H and O–H groups in total. The molecule has 0 saturated carbocycles. The van der Waals surface area contributed by atoms with Crippen LogP contribution in [0.4, 0.5) is 8.78 Å². The number of carbonyl (C=O) groups excluding carboxylic acids is 1. The van der Waals surface area contributed by atoms with Gasteiger partial charge in [0.05, 0.1) is 19.0 Å². The number of aromatic nitrogens is 2. The molecule has 0 amide bonds. The van der Waals surface area contributed by atoms with E-state index < -0.39 is 12.6 Å². The van der Waals surface area contributed by atoms with E-state index in [1.807, 2.05) is 0 Å². The summed E-state index contributed by atoms with van der Waals surface area (Å²) in [5, 5.41) is 0. The van der Waals surface area contributed by atoms with Crippen molar-refractivity contribution in [1.29, 1.82) is 0 Å². The molecule has 0 unspecified atom stereocenters. The lowest BCUT2D eigenvalue weighted by Gasteiger charge is -2.05.